The summed E-state index contributed by atoms with van der Waals surface area (Å²) in [5, 5.41) is 8.43. The molecule has 1 aromatic rings. The van der Waals surface area contributed by atoms with E-state index >= 15 is 0 Å². The number of unbranched alkanes of at least 4 members (excludes halogenated alkanes) is 1. The van der Waals surface area contributed by atoms with Gasteiger partial charge in [0.05, 0.1) is 5.69 Å². The first kappa shape index (κ1) is 11.7. The van der Waals surface area contributed by atoms with E-state index in [1.807, 2.05) is 17.6 Å². The van der Waals surface area contributed by atoms with Gasteiger partial charge in [0.25, 0.3) is 0 Å². The Labute approximate surface area is 90.8 Å². The Morgan fingerprint density at radius 3 is 2.93 bits per heavy atom. The van der Waals surface area contributed by atoms with Gasteiger partial charge in [0, 0.05) is 0 Å². The molecule has 0 aliphatic carbocycles. The van der Waals surface area contributed by atoms with Gasteiger partial charge >= 0.3 is 0 Å². The zero-order valence-corrected chi connectivity index (χ0v) is 9.33. The van der Waals surface area contributed by atoms with Crippen LogP contribution in [0.1, 0.15) is 30.9 Å². The zero-order valence-electron chi connectivity index (χ0n) is 9.33. The van der Waals surface area contributed by atoms with E-state index in [1.165, 1.54) is 30.3 Å². The number of aryl methyl sites for hydroxylation is 1. The molecule has 1 aromatic carbocycles. The molecule has 0 heterocycles. The molecule has 0 saturated heterocycles. The summed E-state index contributed by atoms with van der Waals surface area (Å²) in [5.41, 5.74) is 5.35. The van der Waals surface area contributed by atoms with Gasteiger partial charge in [-0.25, -0.2) is 4.99 Å². The van der Waals surface area contributed by atoms with E-state index in [-0.39, 0.29) is 0 Å². The minimum absolute atomic E-state index is 0.908. The number of nitrogens with one attached hydrogen (secondary N) is 1. The molecule has 0 atom stereocenters. The van der Waals surface area contributed by atoms with Crippen molar-refractivity contribution in [3.05, 3.63) is 29.3 Å². The predicted molar refractivity (Wildman–Crippen MR) is 62.9 cm³/mol. The normalized spacial score (nSPS) is 10.9. The Kier molecular flexibility index (Phi) is 4.84. The van der Waals surface area contributed by atoms with Gasteiger partial charge in [0.2, 0.25) is 0 Å². The lowest BCUT2D eigenvalue weighted by molar-refractivity contribution is 0.240. The highest BCUT2D eigenvalue weighted by Crippen LogP contribution is 2.22. The quantitative estimate of drug-likeness (QED) is 0.442. The van der Waals surface area contributed by atoms with E-state index in [9.17, 15) is 0 Å². The maximum absolute atomic E-state index is 8.43. The molecule has 15 heavy (non-hydrogen) atoms. The van der Waals surface area contributed by atoms with E-state index in [0.29, 0.717) is 0 Å². The standard InChI is InChI=1S/C12H18N2O/c1-3-4-6-11-7-5-8-12(10(11)2)13-9-14-15/h5,7-9,15H,3-4,6H2,1-2H3,(H,13,14). The molecule has 2 N–H and O–H groups in total. The first-order valence-electron chi connectivity index (χ1n) is 5.30. The van der Waals surface area contributed by atoms with Crippen molar-refractivity contribution in [1.82, 2.24) is 5.48 Å². The van der Waals surface area contributed by atoms with E-state index in [4.69, 9.17) is 5.21 Å². The van der Waals surface area contributed by atoms with Gasteiger partial charge in [0.1, 0.15) is 6.34 Å². The molecule has 0 fully saturated rings. The zero-order chi connectivity index (χ0) is 11.1. The molecule has 1 rings (SSSR count). The van der Waals surface area contributed by atoms with Crippen LogP contribution in [0.15, 0.2) is 23.2 Å². The van der Waals surface area contributed by atoms with E-state index in [0.717, 1.165) is 12.1 Å². The van der Waals surface area contributed by atoms with E-state index in [1.54, 1.807) is 0 Å². The SMILES string of the molecule is CCCCc1cccc(N=CNO)c1C. The minimum atomic E-state index is 0.908. The topological polar surface area (TPSA) is 44.6 Å². The fourth-order valence-corrected chi connectivity index (χ4v) is 1.55. The number of aliphatic imine (C=N–C) groups is 1. The largest absolute Gasteiger partial charge is 0.290 e. The molecule has 0 aliphatic rings. The number of benzene rings is 1. The fourth-order valence-electron chi connectivity index (χ4n) is 1.55. The highest BCUT2D eigenvalue weighted by molar-refractivity contribution is 5.62. The minimum Gasteiger partial charge on any atom is -0.290 e. The third-order valence-electron chi connectivity index (χ3n) is 2.48. The molecule has 0 unspecified atom stereocenters. The van der Waals surface area contributed by atoms with Crippen molar-refractivity contribution in [3.8, 4) is 0 Å². The molecule has 0 amide bonds. The van der Waals surface area contributed by atoms with Crippen LogP contribution in [0, 0.1) is 6.92 Å². The molecule has 3 nitrogen and oxygen atoms in total. The molecule has 0 saturated carbocycles. The van der Waals surface area contributed by atoms with Crippen LogP contribution < -0.4 is 5.48 Å². The summed E-state index contributed by atoms with van der Waals surface area (Å²) >= 11 is 0. The lowest BCUT2D eigenvalue weighted by Gasteiger charge is -2.07. The monoisotopic (exact) mass is 206 g/mol. The Bertz CT molecular complexity index is 334. The molecular weight excluding hydrogens is 188 g/mol. The van der Waals surface area contributed by atoms with Crippen LogP contribution in [0.4, 0.5) is 5.69 Å². The Morgan fingerprint density at radius 2 is 2.27 bits per heavy atom. The third-order valence-corrected chi connectivity index (χ3v) is 2.48. The summed E-state index contributed by atoms with van der Waals surface area (Å²) in [6.07, 6.45) is 4.78. The van der Waals surface area contributed by atoms with Gasteiger partial charge in [-0.15, -0.1) is 0 Å². The molecule has 0 aromatic heterocycles. The van der Waals surface area contributed by atoms with Crippen LogP contribution in [0.3, 0.4) is 0 Å². The van der Waals surface area contributed by atoms with Crippen molar-refractivity contribution in [3.63, 3.8) is 0 Å². The van der Waals surface area contributed by atoms with Gasteiger partial charge in [-0.2, -0.15) is 0 Å². The molecule has 3 heteroatoms. The molecule has 0 radical (unpaired) electrons. The van der Waals surface area contributed by atoms with Gasteiger partial charge in [-0.3, -0.25) is 10.7 Å². The van der Waals surface area contributed by atoms with Crippen molar-refractivity contribution in [2.24, 2.45) is 4.99 Å². The highest BCUT2D eigenvalue weighted by Gasteiger charge is 2.01. The summed E-state index contributed by atoms with van der Waals surface area (Å²) in [7, 11) is 0. The lowest BCUT2D eigenvalue weighted by Crippen LogP contribution is -2.01. The van der Waals surface area contributed by atoms with Crippen LogP contribution in [0.2, 0.25) is 0 Å². The van der Waals surface area contributed by atoms with Crippen molar-refractivity contribution in [1.29, 1.82) is 0 Å². The lowest BCUT2D eigenvalue weighted by atomic mass is 10.0. The highest BCUT2D eigenvalue weighted by atomic mass is 16.5. The Morgan fingerprint density at radius 1 is 1.47 bits per heavy atom. The van der Waals surface area contributed by atoms with Crippen molar-refractivity contribution >= 4 is 12.0 Å². The van der Waals surface area contributed by atoms with Crippen molar-refractivity contribution < 1.29 is 5.21 Å². The molecule has 0 aliphatic heterocycles. The second kappa shape index (κ2) is 6.19. The Hall–Kier alpha value is -1.35. The maximum atomic E-state index is 8.43. The van der Waals surface area contributed by atoms with Crippen LogP contribution in [0.25, 0.3) is 0 Å². The summed E-state index contributed by atoms with van der Waals surface area (Å²) in [6, 6.07) is 6.08. The molecule has 0 bridgehead atoms. The second-order valence-electron chi connectivity index (χ2n) is 3.55. The molecule has 82 valence electrons. The first-order valence-corrected chi connectivity index (χ1v) is 5.30. The van der Waals surface area contributed by atoms with Crippen LogP contribution in [-0.2, 0) is 6.42 Å². The molecular formula is C12H18N2O. The van der Waals surface area contributed by atoms with Gasteiger partial charge in [-0.05, 0) is 37.0 Å². The molecule has 0 spiro atoms. The van der Waals surface area contributed by atoms with Gasteiger partial charge in [-0.1, -0.05) is 25.5 Å². The smallest absolute Gasteiger partial charge is 0.113 e. The maximum Gasteiger partial charge on any atom is 0.113 e. The van der Waals surface area contributed by atoms with E-state index in [2.05, 4.69) is 24.9 Å². The van der Waals surface area contributed by atoms with Crippen molar-refractivity contribution in [2.75, 3.05) is 0 Å². The number of hydrogen-bond acceptors (Lipinski definition) is 2. The second-order valence-corrected chi connectivity index (χ2v) is 3.55. The Balaban J connectivity index is 2.85. The average molecular weight is 206 g/mol. The number of nitrogens with zero attached hydrogens (tertiary/aromatic N) is 1. The average Bonchev–Trinajstić information content (AvgIpc) is 2.26. The van der Waals surface area contributed by atoms with Crippen LogP contribution in [-0.4, -0.2) is 11.5 Å². The van der Waals surface area contributed by atoms with Gasteiger partial charge < -0.3 is 0 Å². The van der Waals surface area contributed by atoms with E-state index < -0.39 is 0 Å². The number of hydrogen-bond donors (Lipinski definition) is 2. The summed E-state index contributed by atoms with van der Waals surface area (Å²) < 4.78 is 0. The fraction of sp³-hybridized carbons (Fsp3) is 0.417. The van der Waals surface area contributed by atoms with Crippen LogP contribution >= 0.6 is 0 Å². The third kappa shape index (κ3) is 3.36. The number of hydroxylamine groups is 1. The summed E-state index contributed by atoms with van der Waals surface area (Å²) in [6.45, 7) is 4.25. The van der Waals surface area contributed by atoms with Crippen molar-refractivity contribution in [2.45, 2.75) is 33.1 Å². The predicted octanol–water partition coefficient (Wildman–Crippen LogP) is 2.98. The first-order chi connectivity index (χ1) is 7.29. The summed E-state index contributed by atoms with van der Waals surface area (Å²) in [5.74, 6) is 0. The summed E-state index contributed by atoms with van der Waals surface area (Å²) in [4.78, 5) is 4.11. The van der Waals surface area contributed by atoms with Gasteiger partial charge in [0.15, 0.2) is 0 Å². The van der Waals surface area contributed by atoms with Crippen LogP contribution in [0.5, 0.6) is 0 Å². The number of rotatable bonds is 5.